The number of rotatable bonds is 5. The van der Waals surface area contributed by atoms with E-state index in [2.05, 4.69) is 19.2 Å². The average molecular weight is 160 g/mol. The number of nitriles is 2. The molecule has 0 saturated heterocycles. The number of hydrogen-bond acceptors (Lipinski definition) is 2. The first-order valence-electron chi connectivity index (χ1n) is 3.80. The van der Waals surface area contributed by atoms with Gasteiger partial charge in [-0.25, -0.2) is 0 Å². The topological polar surface area (TPSA) is 47.6 Å². The van der Waals surface area contributed by atoms with Gasteiger partial charge < -0.3 is 0 Å². The third kappa shape index (κ3) is 2.60. The average Bonchev–Trinajstić information content (AvgIpc) is 2.14. The fourth-order valence-electron chi connectivity index (χ4n) is 0.895. The van der Waals surface area contributed by atoms with Crippen LogP contribution in [0.3, 0.4) is 0 Å². The van der Waals surface area contributed by atoms with Gasteiger partial charge in [-0.15, -0.1) is 13.2 Å². The van der Waals surface area contributed by atoms with Crippen molar-refractivity contribution in [1.82, 2.24) is 0 Å². The van der Waals surface area contributed by atoms with E-state index in [1.807, 2.05) is 6.07 Å². The second kappa shape index (κ2) is 5.16. The molecular weight excluding hydrogens is 148 g/mol. The molecule has 0 saturated carbocycles. The first kappa shape index (κ1) is 10.5. The summed E-state index contributed by atoms with van der Waals surface area (Å²) in [6, 6.07) is 4.16. The van der Waals surface area contributed by atoms with Gasteiger partial charge in [-0.3, -0.25) is 0 Å². The van der Waals surface area contributed by atoms with E-state index in [1.54, 1.807) is 12.2 Å². The maximum Gasteiger partial charge on any atom is 0.0928 e. The highest BCUT2D eigenvalue weighted by molar-refractivity contribution is 5.19. The Labute approximate surface area is 73.4 Å². The van der Waals surface area contributed by atoms with Gasteiger partial charge in [0.1, 0.15) is 0 Å². The zero-order valence-corrected chi connectivity index (χ0v) is 7.08. The molecule has 0 aliphatic heterocycles. The molecule has 0 unspecified atom stereocenters. The summed E-state index contributed by atoms with van der Waals surface area (Å²) in [7, 11) is 0. The van der Waals surface area contributed by atoms with Gasteiger partial charge in [-0.05, 0) is 12.8 Å². The largest absolute Gasteiger partial charge is 0.198 e. The van der Waals surface area contributed by atoms with E-state index in [1.165, 1.54) is 0 Å². The van der Waals surface area contributed by atoms with Gasteiger partial charge in [0.2, 0.25) is 0 Å². The molecular formula is C10H12N2. The Morgan fingerprint density at radius 2 is 1.83 bits per heavy atom. The zero-order valence-electron chi connectivity index (χ0n) is 7.08. The predicted octanol–water partition coefficient (Wildman–Crippen LogP) is 2.56. The van der Waals surface area contributed by atoms with Crippen molar-refractivity contribution >= 4 is 0 Å². The lowest BCUT2D eigenvalue weighted by atomic mass is 9.85. The highest BCUT2D eigenvalue weighted by Gasteiger charge is 2.20. The van der Waals surface area contributed by atoms with Crippen molar-refractivity contribution in [3.63, 3.8) is 0 Å². The maximum atomic E-state index is 8.80. The molecule has 0 aromatic rings. The Morgan fingerprint density at radius 3 is 2.17 bits per heavy atom. The van der Waals surface area contributed by atoms with Crippen LogP contribution in [-0.2, 0) is 0 Å². The molecule has 2 nitrogen and oxygen atoms in total. The van der Waals surface area contributed by atoms with Crippen LogP contribution in [0.4, 0.5) is 0 Å². The summed E-state index contributed by atoms with van der Waals surface area (Å²) >= 11 is 0. The molecule has 0 fully saturated rings. The summed E-state index contributed by atoms with van der Waals surface area (Å²) in [5, 5.41) is 17.1. The summed E-state index contributed by atoms with van der Waals surface area (Å²) in [4.78, 5) is 0. The van der Waals surface area contributed by atoms with Crippen LogP contribution in [0, 0.1) is 28.1 Å². The van der Waals surface area contributed by atoms with Crippen molar-refractivity contribution in [2.75, 3.05) is 0 Å². The van der Waals surface area contributed by atoms with Gasteiger partial charge in [-0.2, -0.15) is 10.5 Å². The standard InChI is InChI=1S/C10H12N2/c1-3-10(4-2,9-12)7-5-6-8-11/h3-4H,1-2,5-7H2. The van der Waals surface area contributed by atoms with E-state index in [9.17, 15) is 0 Å². The molecule has 0 bridgehead atoms. The van der Waals surface area contributed by atoms with Crippen molar-refractivity contribution in [3.8, 4) is 12.1 Å². The van der Waals surface area contributed by atoms with Crippen molar-refractivity contribution in [2.45, 2.75) is 19.3 Å². The lowest BCUT2D eigenvalue weighted by Crippen LogP contribution is -2.10. The second-order valence-electron chi connectivity index (χ2n) is 2.57. The van der Waals surface area contributed by atoms with Gasteiger partial charge in [0.15, 0.2) is 0 Å². The van der Waals surface area contributed by atoms with E-state index in [4.69, 9.17) is 10.5 Å². The normalized spacial score (nSPS) is 9.50. The summed E-state index contributed by atoms with van der Waals surface area (Å²) in [6.07, 6.45) is 4.98. The van der Waals surface area contributed by atoms with E-state index < -0.39 is 5.41 Å². The summed E-state index contributed by atoms with van der Waals surface area (Å²) in [5.41, 5.74) is -0.642. The molecule has 62 valence electrons. The molecule has 0 radical (unpaired) electrons. The van der Waals surface area contributed by atoms with Gasteiger partial charge in [-0.1, -0.05) is 12.2 Å². The first-order valence-corrected chi connectivity index (χ1v) is 3.80. The van der Waals surface area contributed by atoms with Gasteiger partial charge in [0.25, 0.3) is 0 Å². The van der Waals surface area contributed by atoms with Crippen LogP contribution >= 0.6 is 0 Å². The van der Waals surface area contributed by atoms with E-state index >= 15 is 0 Å². The van der Waals surface area contributed by atoms with Gasteiger partial charge >= 0.3 is 0 Å². The summed E-state index contributed by atoms with van der Waals surface area (Å²) in [5.74, 6) is 0. The molecule has 0 aromatic heterocycles. The molecule has 0 aromatic carbocycles. The minimum Gasteiger partial charge on any atom is -0.198 e. The Hall–Kier alpha value is -1.54. The van der Waals surface area contributed by atoms with Crippen molar-refractivity contribution in [1.29, 1.82) is 10.5 Å². The number of hydrogen-bond donors (Lipinski definition) is 0. The first-order chi connectivity index (χ1) is 5.74. The summed E-state index contributed by atoms with van der Waals surface area (Å²) < 4.78 is 0. The van der Waals surface area contributed by atoms with Crippen LogP contribution in [0.1, 0.15) is 19.3 Å². The Kier molecular flexibility index (Phi) is 4.49. The molecule has 12 heavy (non-hydrogen) atoms. The van der Waals surface area contributed by atoms with E-state index in [0.717, 1.165) is 0 Å². The third-order valence-electron chi connectivity index (χ3n) is 1.82. The van der Waals surface area contributed by atoms with Gasteiger partial charge in [0, 0.05) is 6.42 Å². The van der Waals surface area contributed by atoms with Crippen LogP contribution in [0.15, 0.2) is 25.3 Å². The highest BCUT2D eigenvalue weighted by atomic mass is 14.3. The Bertz CT molecular complexity index is 232. The van der Waals surface area contributed by atoms with Crippen molar-refractivity contribution < 1.29 is 0 Å². The van der Waals surface area contributed by atoms with Crippen LogP contribution < -0.4 is 0 Å². The fraction of sp³-hybridized carbons (Fsp3) is 0.400. The monoisotopic (exact) mass is 160 g/mol. The number of allylic oxidation sites excluding steroid dienone is 2. The van der Waals surface area contributed by atoms with Crippen LogP contribution in [-0.4, -0.2) is 0 Å². The number of unbranched alkanes of at least 4 members (excludes halogenated alkanes) is 1. The van der Waals surface area contributed by atoms with Crippen LogP contribution in [0.25, 0.3) is 0 Å². The zero-order chi connectivity index (χ0) is 9.45. The SMILES string of the molecule is C=CC(C#N)(C=C)CCCC#N. The van der Waals surface area contributed by atoms with Crippen molar-refractivity contribution in [3.05, 3.63) is 25.3 Å². The molecule has 0 amide bonds. The van der Waals surface area contributed by atoms with Crippen LogP contribution in [0.5, 0.6) is 0 Å². The molecule has 0 aliphatic rings. The fourth-order valence-corrected chi connectivity index (χ4v) is 0.895. The molecule has 0 spiro atoms. The molecule has 0 heterocycles. The lowest BCUT2D eigenvalue weighted by molar-refractivity contribution is 0.555. The van der Waals surface area contributed by atoms with Crippen molar-refractivity contribution in [2.24, 2.45) is 5.41 Å². The molecule has 0 rings (SSSR count). The van der Waals surface area contributed by atoms with E-state index in [-0.39, 0.29) is 0 Å². The Morgan fingerprint density at radius 1 is 1.25 bits per heavy atom. The number of nitrogens with zero attached hydrogens (tertiary/aromatic N) is 2. The van der Waals surface area contributed by atoms with Gasteiger partial charge in [0.05, 0.1) is 17.6 Å². The minimum absolute atomic E-state index is 0.477. The quantitative estimate of drug-likeness (QED) is 0.458. The molecule has 0 N–H and O–H groups in total. The predicted molar refractivity (Wildman–Crippen MR) is 47.9 cm³/mol. The third-order valence-corrected chi connectivity index (χ3v) is 1.82. The molecule has 2 heteroatoms. The smallest absolute Gasteiger partial charge is 0.0928 e. The van der Waals surface area contributed by atoms with Crippen LogP contribution in [0.2, 0.25) is 0 Å². The second-order valence-corrected chi connectivity index (χ2v) is 2.57. The minimum atomic E-state index is -0.642. The Balaban J connectivity index is 4.16. The lowest BCUT2D eigenvalue weighted by Gasteiger charge is -2.15. The maximum absolute atomic E-state index is 8.80. The molecule has 0 atom stereocenters. The van der Waals surface area contributed by atoms with E-state index in [0.29, 0.717) is 19.3 Å². The summed E-state index contributed by atoms with van der Waals surface area (Å²) in [6.45, 7) is 7.15. The highest BCUT2D eigenvalue weighted by Crippen LogP contribution is 2.25. The molecule has 0 aliphatic carbocycles.